The SMILES string of the molecule is COc1cc(/C=C2/SC(=O)N(CC(=O)N3CCOCC3)C2=O)cc(Br)c1OCc1cccc(C(=O)O)c1. The zero-order valence-electron chi connectivity index (χ0n) is 19.8. The fraction of sp³-hybridized carbons (Fsp3) is 0.280. The molecule has 10 nitrogen and oxygen atoms in total. The third kappa shape index (κ3) is 6.32. The van der Waals surface area contributed by atoms with Crippen molar-refractivity contribution >= 4 is 56.8 Å². The molecule has 12 heteroatoms. The number of imide groups is 1. The highest BCUT2D eigenvalue weighted by Gasteiger charge is 2.37. The molecule has 0 atom stereocenters. The second kappa shape index (κ2) is 11.8. The topological polar surface area (TPSA) is 123 Å². The zero-order chi connectivity index (χ0) is 26.5. The Labute approximate surface area is 225 Å². The lowest BCUT2D eigenvalue weighted by Crippen LogP contribution is -2.46. The fourth-order valence-electron chi connectivity index (χ4n) is 3.75. The standard InChI is InChI=1S/C25H23BrN2O8S/c1-34-19-11-16(10-18(26)22(19)36-14-15-3-2-4-17(9-15)24(31)32)12-20-23(30)28(25(33)37-20)13-21(29)27-5-7-35-8-6-27/h2-4,9-12H,5-8,13-14H2,1H3,(H,31,32)/b20-12+. The van der Waals surface area contributed by atoms with Crippen LogP contribution in [0, 0.1) is 0 Å². The first-order chi connectivity index (χ1) is 17.8. The number of ether oxygens (including phenoxy) is 3. The molecular formula is C25H23BrN2O8S. The van der Waals surface area contributed by atoms with Crippen molar-refractivity contribution in [3.05, 3.63) is 62.5 Å². The Balaban J connectivity index is 1.48. The second-order valence-electron chi connectivity index (χ2n) is 8.09. The lowest BCUT2D eigenvalue weighted by molar-refractivity contribution is -0.139. The minimum absolute atomic E-state index is 0.103. The highest BCUT2D eigenvalue weighted by atomic mass is 79.9. The van der Waals surface area contributed by atoms with Gasteiger partial charge in [0.25, 0.3) is 11.1 Å². The second-order valence-corrected chi connectivity index (χ2v) is 9.94. The number of thioether (sulfide) groups is 1. The number of carbonyl (C=O) groups excluding carboxylic acids is 3. The van der Waals surface area contributed by atoms with Crippen LogP contribution in [0.25, 0.3) is 6.08 Å². The van der Waals surface area contributed by atoms with Gasteiger partial charge in [0.1, 0.15) is 13.2 Å². The molecule has 2 fully saturated rings. The smallest absolute Gasteiger partial charge is 0.335 e. The van der Waals surface area contributed by atoms with Gasteiger partial charge in [0.15, 0.2) is 11.5 Å². The molecule has 0 spiro atoms. The summed E-state index contributed by atoms with van der Waals surface area (Å²) in [5.74, 6) is -1.10. The van der Waals surface area contributed by atoms with Crippen LogP contribution < -0.4 is 9.47 Å². The van der Waals surface area contributed by atoms with Crippen molar-refractivity contribution in [3.8, 4) is 11.5 Å². The van der Waals surface area contributed by atoms with Gasteiger partial charge in [-0.1, -0.05) is 12.1 Å². The van der Waals surface area contributed by atoms with Crippen LogP contribution in [-0.4, -0.2) is 77.9 Å². The van der Waals surface area contributed by atoms with Crippen molar-refractivity contribution in [3.63, 3.8) is 0 Å². The van der Waals surface area contributed by atoms with Crippen LogP contribution in [0.3, 0.4) is 0 Å². The maximum atomic E-state index is 12.9. The lowest BCUT2D eigenvalue weighted by atomic mass is 10.1. The summed E-state index contributed by atoms with van der Waals surface area (Å²) in [7, 11) is 1.47. The number of aromatic carboxylic acids is 1. The molecule has 2 aromatic rings. The molecule has 4 rings (SSSR count). The molecule has 2 saturated heterocycles. The predicted molar refractivity (Wildman–Crippen MR) is 139 cm³/mol. The van der Waals surface area contributed by atoms with E-state index < -0.39 is 17.1 Å². The Morgan fingerprint density at radius 1 is 1.19 bits per heavy atom. The number of hydrogen-bond acceptors (Lipinski definition) is 8. The number of morpholine rings is 1. The van der Waals surface area contributed by atoms with Crippen LogP contribution in [0.1, 0.15) is 21.5 Å². The predicted octanol–water partition coefficient (Wildman–Crippen LogP) is 3.63. The van der Waals surface area contributed by atoms with Gasteiger partial charge >= 0.3 is 5.97 Å². The van der Waals surface area contributed by atoms with Crippen molar-refractivity contribution in [1.29, 1.82) is 0 Å². The summed E-state index contributed by atoms with van der Waals surface area (Å²) in [6, 6.07) is 9.77. The van der Waals surface area contributed by atoms with Crippen molar-refractivity contribution < 1.29 is 38.5 Å². The van der Waals surface area contributed by atoms with E-state index in [-0.39, 0.29) is 29.5 Å². The molecule has 2 aromatic carbocycles. The lowest BCUT2D eigenvalue weighted by Gasteiger charge is -2.28. The van der Waals surface area contributed by atoms with E-state index in [1.54, 1.807) is 35.2 Å². The molecule has 0 unspecified atom stereocenters. The van der Waals surface area contributed by atoms with Gasteiger partial charge in [-0.2, -0.15) is 0 Å². The zero-order valence-corrected chi connectivity index (χ0v) is 22.2. The van der Waals surface area contributed by atoms with Gasteiger partial charge in [0.2, 0.25) is 5.91 Å². The third-order valence-corrected chi connectivity index (χ3v) is 7.13. The summed E-state index contributed by atoms with van der Waals surface area (Å²) in [5, 5.41) is 8.67. The van der Waals surface area contributed by atoms with Gasteiger partial charge < -0.3 is 24.2 Å². The van der Waals surface area contributed by atoms with Gasteiger partial charge in [-0.05, 0) is 69.2 Å². The highest BCUT2D eigenvalue weighted by Crippen LogP contribution is 2.39. The van der Waals surface area contributed by atoms with Gasteiger partial charge in [-0.15, -0.1) is 0 Å². The molecule has 194 valence electrons. The summed E-state index contributed by atoms with van der Waals surface area (Å²) >= 11 is 4.22. The number of benzene rings is 2. The van der Waals surface area contributed by atoms with E-state index in [4.69, 9.17) is 14.2 Å². The summed E-state index contributed by atoms with van der Waals surface area (Å²) in [5.41, 5.74) is 1.40. The van der Waals surface area contributed by atoms with Crippen LogP contribution in [0.4, 0.5) is 4.79 Å². The number of carboxylic acid groups (broad SMARTS) is 1. The largest absolute Gasteiger partial charge is 0.493 e. The number of halogens is 1. The first-order valence-electron chi connectivity index (χ1n) is 11.2. The molecule has 0 bridgehead atoms. The fourth-order valence-corrected chi connectivity index (χ4v) is 5.16. The summed E-state index contributed by atoms with van der Waals surface area (Å²) < 4.78 is 17.1. The monoisotopic (exact) mass is 590 g/mol. The van der Waals surface area contributed by atoms with Crippen LogP contribution in [0.15, 0.2) is 45.8 Å². The minimum atomic E-state index is -1.03. The Hall–Kier alpha value is -3.35. The van der Waals surface area contributed by atoms with Crippen molar-refractivity contribution in [1.82, 2.24) is 9.80 Å². The van der Waals surface area contributed by atoms with Gasteiger partial charge in [-0.25, -0.2) is 4.79 Å². The van der Waals surface area contributed by atoms with Crippen LogP contribution in [-0.2, 0) is 20.9 Å². The number of rotatable bonds is 8. The molecule has 3 amide bonds. The maximum Gasteiger partial charge on any atom is 0.335 e. The van der Waals surface area contributed by atoms with E-state index in [1.807, 2.05) is 0 Å². The summed E-state index contributed by atoms with van der Waals surface area (Å²) in [6.07, 6.45) is 1.55. The molecule has 37 heavy (non-hydrogen) atoms. The average Bonchev–Trinajstić information content (AvgIpc) is 3.15. The molecule has 0 radical (unpaired) electrons. The van der Waals surface area contributed by atoms with E-state index in [0.29, 0.717) is 53.4 Å². The van der Waals surface area contributed by atoms with E-state index in [1.165, 1.54) is 19.2 Å². The van der Waals surface area contributed by atoms with E-state index in [0.717, 1.165) is 16.7 Å². The molecule has 2 aliphatic rings. The normalized spacial score (nSPS) is 16.9. The quantitative estimate of drug-likeness (QED) is 0.459. The third-order valence-electron chi connectivity index (χ3n) is 5.64. The van der Waals surface area contributed by atoms with Crippen molar-refractivity contribution in [2.75, 3.05) is 40.0 Å². The summed E-state index contributed by atoms with van der Waals surface area (Å²) in [6.45, 7) is 1.50. The van der Waals surface area contributed by atoms with Crippen molar-refractivity contribution in [2.24, 2.45) is 0 Å². The number of methoxy groups -OCH3 is 1. The minimum Gasteiger partial charge on any atom is -0.493 e. The Kier molecular flexibility index (Phi) is 8.52. The molecule has 0 aromatic heterocycles. The molecule has 2 heterocycles. The number of hydrogen-bond donors (Lipinski definition) is 1. The van der Waals surface area contributed by atoms with Gasteiger partial charge in [0, 0.05) is 13.1 Å². The Morgan fingerprint density at radius 3 is 2.65 bits per heavy atom. The van der Waals surface area contributed by atoms with Crippen LogP contribution >= 0.6 is 27.7 Å². The Bertz CT molecular complexity index is 1280. The number of amides is 3. The Morgan fingerprint density at radius 2 is 1.95 bits per heavy atom. The summed E-state index contributed by atoms with van der Waals surface area (Å²) in [4.78, 5) is 51.8. The van der Waals surface area contributed by atoms with Crippen LogP contribution in [0.2, 0.25) is 0 Å². The highest BCUT2D eigenvalue weighted by molar-refractivity contribution is 9.10. The molecule has 0 saturated carbocycles. The molecule has 0 aliphatic carbocycles. The van der Waals surface area contributed by atoms with Crippen LogP contribution in [0.5, 0.6) is 11.5 Å². The number of carbonyl (C=O) groups is 4. The van der Waals surface area contributed by atoms with E-state index >= 15 is 0 Å². The number of nitrogens with zero attached hydrogens (tertiary/aromatic N) is 2. The van der Waals surface area contributed by atoms with E-state index in [9.17, 15) is 24.3 Å². The molecular weight excluding hydrogens is 568 g/mol. The number of carboxylic acids is 1. The van der Waals surface area contributed by atoms with Gasteiger partial charge in [-0.3, -0.25) is 19.3 Å². The van der Waals surface area contributed by atoms with Gasteiger partial charge in [0.05, 0.1) is 35.3 Å². The first kappa shape index (κ1) is 26.7. The van der Waals surface area contributed by atoms with E-state index in [2.05, 4.69) is 15.9 Å². The molecule has 2 aliphatic heterocycles. The first-order valence-corrected chi connectivity index (χ1v) is 12.8. The maximum absolute atomic E-state index is 12.9. The molecule has 1 N–H and O–H groups in total. The van der Waals surface area contributed by atoms with Crippen molar-refractivity contribution in [2.45, 2.75) is 6.61 Å². The average molecular weight is 591 g/mol.